The summed E-state index contributed by atoms with van der Waals surface area (Å²) in [5.74, 6) is -0.153. The van der Waals surface area contributed by atoms with E-state index in [2.05, 4.69) is 17.1 Å². The number of hydrogen-bond acceptors (Lipinski definition) is 2. The SMILES string of the molecule is CCC(NC1CCN(C2CC2)C1)c1ccc(F)cc1. The van der Waals surface area contributed by atoms with Gasteiger partial charge in [0.05, 0.1) is 0 Å². The van der Waals surface area contributed by atoms with Crippen molar-refractivity contribution in [3.05, 3.63) is 35.6 Å². The van der Waals surface area contributed by atoms with Gasteiger partial charge in [-0.2, -0.15) is 0 Å². The molecule has 1 N–H and O–H groups in total. The van der Waals surface area contributed by atoms with E-state index in [4.69, 9.17) is 0 Å². The first-order valence-corrected chi connectivity index (χ1v) is 7.52. The number of likely N-dealkylation sites (tertiary alicyclic amines) is 1. The molecule has 1 saturated carbocycles. The van der Waals surface area contributed by atoms with Crippen LogP contribution in [0.4, 0.5) is 4.39 Å². The van der Waals surface area contributed by atoms with Gasteiger partial charge in [0, 0.05) is 31.2 Å². The Labute approximate surface area is 115 Å². The Hall–Kier alpha value is -0.930. The molecular formula is C16H23FN2. The highest BCUT2D eigenvalue weighted by atomic mass is 19.1. The first-order valence-electron chi connectivity index (χ1n) is 7.52. The smallest absolute Gasteiger partial charge is 0.123 e. The maximum Gasteiger partial charge on any atom is 0.123 e. The number of nitrogens with one attached hydrogen (secondary N) is 1. The van der Waals surface area contributed by atoms with Gasteiger partial charge in [0.2, 0.25) is 0 Å². The minimum absolute atomic E-state index is 0.153. The second kappa shape index (κ2) is 5.59. The molecule has 1 aliphatic heterocycles. The van der Waals surface area contributed by atoms with Crippen LogP contribution in [0.5, 0.6) is 0 Å². The number of hydrogen-bond donors (Lipinski definition) is 1. The van der Waals surface area contributed by atoms with E-state index in [1.165, 1.54) is 37.9 Å². The van der Waals surface area contributed by atoms with Crippen molar-refractivity contribution in [1.29, 1.82) is 0 Å². The Morgan fingerprint density at radius 3 is 2.63 bits per heavy atom. The van der Waals surface area contributed by atoms with Gasteiger partial charge in [-0.3, -0.25) is 4.90 Å². The van der Waals surface area contributed by atoms with Gasteiger partial charge in [-0.1, -0.05) is 19.1 Å². The molecule has 0 amide bonds. The van der Waals surface area contributed by atoms with E-state index in [1.807, 2.05) is 12.1 Å². The van der Waals surface area contributed by atoms with Crippen LogP contribution in [0.1, 0.15) is 44.2 Å². The molecule has 0 radical (unpaired) electrons. The standard InChI is InChI=1S/C16H23FN2/c1-2-16(12-3-5-13(17)6-4-12)18-14-9-10-19(11-14)15-7-8-15/h3-6,14-16,18H,2,7-11H2,1H3. The van der Waals surface area contributed by atoms with Crippen molar-refractivity contribution < 1.29 is 4.39 Å². The summed E-state index contributed by atoms with van der Waals surface area (Å²) in [5.41, 5.74) is 1.20. The zero-order valence-electron chi connectivity index (χ0n) is 11.6. The number of halogens is 1. The molecule has 2 unspecified atom stereocenters. The van der Waals surface area contributed by atoms with Crippen molar-refractivity contribution in [2.24, 2.45) is 0 Å². The van der Waals surface area contributed by atoms with E-state index in [0.717, 1.165) is 12.5 Å². The highest BCUT2D eigenvalue weighted by Crippen LogP contribution is 2.30. The Kier molecular flexibility index (Phi) is 3.85. The minimum Gasteiger partial charge on any atom is -0.306 e. The fourth-order valence-electron chi connectivity index (χ4n) is 3.12. The van der Waals surface area contributed by atoms with Crippen molar-refractivity contribution in [2.75, 3.05) is 13.1 Å². The lowest BCUT2D eigenvalue weighted by Crippen LogP contribution is -2.35. The molecule has 104 valence electrons. The summed E-state index contributed by atoms with van der Waals surface area (Å²) in [6.07, 6.45) is 5.07. The van der Waals surface area contributed by atoms with E-state index in [0.29, 0.717) is 12.1 Å². The quantitative estimate of drug-likeness (QED) is 0.877. The zero-order chi connectivity index (χ0) is 13.2. The van der Waals surface area contributed by atoms with Crippen LogP contribution in [0, 0.1) is 5.82 Å². The summed E-state index contributed by atoms with van der Waals surface area (Å²) in [4.78, 5) is 2.62. The van der Waals surface area contributed by atoms with Crippen LogP contribution in [-0.4, -0.2) is 30.1 Å². The van der Waals surface area contributed by atoms with Crippen molar-refractivity contribution in [3.63, 3.8) is 0 Å². The molecule has 1 heterocycles. The van der Waals surface area contributed by atoms with Crippen molar-refractivity contribution in [1.82, 2.24) is 10.2 Å². The lowest BCUT2D eigenvalue weighted by Gasteiger charge is -2.23. The number of nitrogens with zero attached hydrogens (tertiary/aromatic N) is 1. The monoisotopic (exact) mass is 262 g/mol. The highest BCUT2D eigenvalue weighted by Gasteiger charge is 2.34. The molecule has 0 spiro atoms. The first kappa shape index (κ1) is 13.1. The third-order valence-corrected chi connectivity index (χ3v) is 4.40. The van der Waals surface area contributed by atoms with Crippen LogP contribution in [0.2, 0.25) is 0 Å². The molecule has 2 nitrogen and oxygen atoms in total. The van der Waals surface area contributed by atoms with Crippen LogP contribution >= 0.6 is 0 Å². The first-order chi connectivity index (χ1) is 9.26. The van der Waals surface area contributed by atoms with E-state index in [1.54, 1.807) is 12.1 Å². The van der Waals surface area contributed by atoms with Gasteiger partial charge in [-0.05, 0) is 43.4 Å². The largest absolute Gasteiger partial charge is 0.306 e. The minimum atomic E-state index is -0.153. The molecule has 1 aliphatic carbocycles. The van der Waals surface area contributed by atoms with Gasteiger partial charge >= 0.3 is 0 Å². The van der Waals surface area contributed by atoms with E-state index < -0.39 is 0 Å². The predicted octanol–water partition coefficient (Wildman–Crippen LogP) is 3.10. The van der Waals surface area contributed by atoms with Crippen molar-refractivity contribution in [3.8, 4) is 0 Å². The molecule has 1 aromatic carbocycles. The van der Waals surface area contributed by atoms with Crippen LogP contribution in [0.3, 0.4) is 0 Å². The maximum atomic E-state index is 13.0. The third kappa shape index (κ3) is 3.15. The van der Waals surface area contributed by atoms with Crippen LogP contribution in [0.15, 0.2) is 24.3 Å². The topological polar surface area (TPSA) is 15.3 Å². The summed E-state index contributed by atoms with van der Waals surface area (Å²) < 4.78 is 13.0. The van der Waals surface area contributed by atoms with Gasteiger partial charge in [-0.15, -0.1) is 0 Å². The van der Waals surface area contributed by atoms with Gasteiger partial charge in [0.15, 0.2) is 0 Å². The molecule has 0 bridgehead atoms. The van der Waals surface area contributed by atoms with Gasteiger partial charge < -0.3 is 5.32 Å². The molecule has 2 atom stereocenters. The lowest BCUT2D eigenvalue weighted by molar-refractivity contribution is 0.311. The average molecular weight is 262 g/mol. The van der Waals surface area contributed by atoms with Gasteiger partial charge in [0.1, 0.15) is 5.82 Å². The van der Waals surface area contributed by atoms with Gasteiger partial charge in [-0.25, -0.2) is 4.39 Å². The molecule has 19 heavy (non-hydrogen) atoms. The summed E-state index contributed by atoms with van der Waals surface area (Å²) in [7, 11) is 0. The average Bonchev–Trinajstić information content (AvgIpc) is 3.17. The Bertz CT molecular complexity index is 413. The molecule has 1 aromatic rings. The molecule has 2 fully saturated rings. The predicted molar refractivity (Wildman–Crippen MR) is 75.6 cm³/mol. The number of benzene rings is 1. The van der Waals surface area contributed by atoms with Crippen LogP contribution in [-0.2, 0) is 0 Å². The molecular weight excluding hydrogens is 239 g/mol. The van der Waals surface area contributed by atoms with E-state index in [9.17, 15) is 4.39 Å². The molecule has 3 heteroatoms. The van der Waals surface area contributed by atoms with Crippen LogP contribution < -0.4 is 5.32 Å². The fraction of sp³-hybridized carbons (Fsp3) is 0.625. The third-order valence-electron chi connectivity index (χ3n) is 4.40. The van der Waals surface area contributed by atoms with Crippen LogP contribution in [0.25, 0.3) is 0 Å². The zero-order valence-corrected chi connectivity index (χ0v) is 11.6. The summed E-state index contributed by atoms with van der Waals surface area (Å²) in [6, 6.07) is 8.75. The Morgan fingerprint density at radius 2 is 2.00 bits per heavy atom. The fourth-order valence-corrected chi connectivity index (χ4v) is 3.12. The molecule has 2 aliphatic rings. The number of rotatable bonds is 5. The Balaban J connectivity index is 1.58. The van der Waals surface area contributed by atoms with Gasteiger partial charge in [0.25, 0.3) is 0 Å². The van der Waals surface area contributed by atoms with E-state index in [-0.39, 0.29) is 5.82 Å². The summed E-state index contributed by atoms with van der Waals surface area (Å²) in [5, 5.41) is 3.75. The summed E-state index contributed by atoms with van der Waals surface area (Å²) >= 11 is 0. The molecule has 3 rings (SSSR count). The highest BCUT2D eigenvalue weighted by molar-refractivity contribution is 5.20. The maximum absolute atomic E-state index is 13.0. The second-order valence-electron chi connectivity index (χ2n) is 5.89. The second-order valence-corrected chi connectivity index (χ2v) is 5.89. The van der Waals surface area contributed by atoms with E-state index >= 15 is 0 Å². The van der Waals surface area contributed by atoms with Crippen molar-refractivity contribution in [2.45, 2.75) is 50.7 Å². The lowest BCUT2D eigenvalue weighted by atomic mass is 10.0. The normalized spacial score (nSPS) is 25.7. The summed E-state index contributed by atoms with van der Waals surface area (Å²) in [6.45, 7) is 4.61. The molecule has 0 aromatic heterocycles. The van der Waals surface area contributed by atoms with Crippen molar-refractivity contribution >= 4 is 0 Å². The Morgan fingerprint density at radius 1 is 1.26 bits per heavy atom. The molecule has 1 saturated heterocycles.